The van der Waals surface area contributed by atoms with Gasteiger partial charge in [-0.2, -0.15) is 5.10 Å². The largest absolute Gasteiger partial charge is 0.312 e. The number of pyridine rings is 1. The second-order valence-corrected chi connectivity index (χ2v) is 5.53. The number of nitrogens with zero attached hydrogens (tertiary/aromatic N) is 5. The molecule has 0 aromatic carbocycles. The van der Waals surface area contributed by atoms with Crippen LogP contribution in [0.2, 0.25) is 0 Å². The monoisotopic (exact) mass is 303 g/mol. The molecule has 21 heavy (non-hydrogen) atoms. The molecule has 0 fully saturated rings. The molecule has 5 nitrogen and oxygen atoms in total. The van der Waals surface area contributed by atoms with E-state index in [-0.39, 0.29) is 0 Å². The molecule has 3 aromatic heterocycles. The Morgan fingerprint density at radius 3 is 2.81 bits per heavy atom. The smallest absolute Gasteiger partial charge is 0.160 e. The molecule has 0 aliphatic heterocycles. The molecule has 0 saturated carbocycles. The van der Waals surface area contributed by atoms with Crippen LogP contribution in [0.25, 0.3) is 11.2 Å². The molecular weight excluding hydrogens is 286 g/mol. The number of aromatic nitrogens is 5. The third-order valence-corrected chi connectivity index (χ3v) is 3.78. The normalized spacial score (nSPS) is 11.4. The summed E-state index contributed by atoms with van der Waals surface area (Å²) in [6.45, 7) is 2.88. The van der Waals surface area contributed by atoms with Crippen LogP contribution in [0.3, 0.4) is 0 Å². The highest BCUT2D eigenvalue weighted by Gasteiger charge is 2.13. The van der Waals surface area contributed by atoms with Crippen LogP contribution in [0.15, 0.2) is 24.5 Å². The summed E-state index contributed by atoms with van der Waals surface area (Å²) in [7, 11) is 1.93. The average Bonchev–Trinajstić information content (AvgIpc) is 3.02. The lowest BCUT2D eigenvalue weighted by molar-refractivity contribution is 0.647. The van der Waals surface area contributed by atoms with Gasteiger partial charge in [-0.15, -0.1) is 11.6 Å². The molecule has 3 aromatic rings. The van der Waals surface area contributed by atoms with Gasteiger partial charge in [-0.25, -0.2) is 9.97 Å². The second kappa shape index (κ2) is 5.85. The fraction of sp³-hybridized carbons (Fsp3) is 0.400. The number of hydrogen-bond donors (Lipinski definition) is 0. The van der Waals surface area contributed by atoms with Crippen LogP contribution >= 0.6 is 11.6 Å². The summed E-state index contributed by atoms with van der Waals surface area (Å²) in [6.07, 6.45) is 5.40. The lowest BCUT2D eigenvalue weighted by Gasteiger charge is -2.06. The molecule has 6 heteroatoms. The summed E-state index contributed by atoms with van der Waals surface area (Å²) in [5, 5.41) is 4.42. The molecule has 3 heterocycles. The SMILES string of the molecule is Cc1ccnc2c1nc(CCCl)n2CCc1ccn(C)n1. The minimum atomic E-state index is 0.561. The highest BCUT2D eigenvalue weighted by atomic mass is 35.5. The molecule has 0 N–H and O–H groups in total. The third-order valence-electron chi connectivity index (χ3n) is 3.59. The number of fused-ring (bicyclic) bond motifs is 1. The molecule has 110 valence electrons. The van der Waals surface area contributed by atoms with Crippen LogP contribution in [0, 0.1) is 6.92 Å². The second-order valence-electron chi connectivity index (χ2n) is 5.15. The van der Waals surface area contributed by atoms with Gasteiger partial charge in [-0.1, -0.05) is 0 Å². The molecule has 0 radical (unpaired) electrons. The lowest BCUT2D eigenvalue weighted by Crippen LogP contribution is -2.08. The molecule has 0 unspecified atom stereocenters. The first-order chi connectivity index (χ1) is 10.2. The van der Waals surface area contributed by atoms with Crippen molar-refractivity contribution in [1.29, 1.82) is 0 Å². The first-order valence-corrected chi connectivity index (χ1v) is 7.57. The van der Waals surface area contributed by atoms with Gasteiger partial charge in [0, 0.05) is 44.7 Å². The van der Waals surface area contributed by atoms with Crippen LogP contribution in [0.5, 0.6) is 0 Å². The van der Waals surface area contributed by atoms with Crippen LogP contribution in [0.1, 0.15) is 17.1 Å². The van der Waals surface area contributed by atoms with E-state index in [0.717, 1.165) is 47.6 Å². The molecule has 0 atom stereocenters. The summed E-state index contributed by atoms with van der Waals surface area (Å²) in [6, 6.07) is 4.03. The van der Waals surface area contributed by atoms with Crippen LogP contribution < -0.4 is 0 Å². The van der Waals surface area contributed by atoms with Gasteiger partial charge < -0.3 is 4.57 Å². The summed E-state index contributed by atoms with van der Waals surface area (Å²) in [5.41, 5.74) is 4.13. The molecule has 0 spiro atoms. The number of rotatable bonds is 5. The van der Waals surface area contributed by atoms with Crippen LogP contribution in [-0.4, -0.2) is 30.2 Å². The Labute approximate surface area is 128 Å². The summed E-state index contributed by atoms with van der Waals surface area (Å²) < 4.78 is 3.99. The van der Waals surface area contributed by atoms with Crippen LogP contribution in [-0.2, 0) is 26.4 Å². The third kappa shape index (κ3) is 2.78. The van der Waals surface area contributed by atoms with Crippen molar-refractivity contribution in [3.05, 3.63) is 41.6 Å². The van der Waals surface area contributed by atoms with Crippen molar-refractivity contribution in [3.63, 3.8) is 0 Å². The van der Waals surface area contributed by atoms with E-state index in [1.165, 1.54) is 0 Å². The summed E-state index contributed by atoms with van der Waals surface area (Å²) in [5.74, 6) is 1.56. The van der Waals surface area contributed by atoms with E-state index in [2.05, 4.69) is 21.6 Å². The number of aryl methyl sites for hydroxylation is 5. The Kier molecular flexibility index (Phi) is 3.92. The Balaban J connectivity index is 1.95. The number of hydrogen-bond acceptors (Lipinski definition) is 3. The number of halogens is 1. The summed E-state index contributed by atoms with van der Waals surface area (Å²) >= 11 is 5.91. The quantitative estimate of drug-likeness (QED) is 0.680. The van der Waals surface area contributed by atoms with Crippen molar-refractivity contribution in [1.82, 2.24) is 24.3 Å². The first-order valence-electron chi connectivity index (χ1n) is 7.04. The van der Waals surface area contributed by atoms with Crippen molar-refractivity contribution in [2.45, 2.75) is 26.3 Å². The van der Waals surface area contributed by atoms with Gasteiger partial charge in [-0.05, 0) is 24.6 Å². The maximum absolute atomic E-state index is 5.91. The van der Waals surface area contributed by atoms with Gasteiger partial charge in [0.25, 0.3) is 0 Å². The molecule has 0 bridgehead atoms. The minimum Gasteiger partial charge on any atom is -0.312 e. The van der Waals surface area contributed by atoms with Gasteiger partial charge in [0.2, 0.25) is 0 Å². The zero-order valence-electron chi connectivity index (χ0n) is 12.3. The summed E-state index contributed by atoms with van der Waals surface area (Å²) in [4.78, 5) is 9.20. The Morgan fingerprint density at radius 2 is 2.10 bits per heavy atom. The Hall–Kier alpha value is -1.88. The van der Waals surface area contributed by atoms with Gasteiger partial charge >= 0.3 is 0 Å². The molecular formula is C15H18ClN5. The highest BCUT2D eigenvalue weighted by molar-refractivity contribution is 6.17. The predicted molar refractivity (Wildman–Crippen MR) is 83.6 cm³/mol. The van der Waals surface area contributed by atoms with Gasteiger partial charge in [0.15, 0.2) is 5.65 Å². The van der Waals surface area contributed by atoms with Crippen molar-refractivity contribution in [2.24, 2.45) is 7.05 Å². The fourth-order valence-corrected chi connectivity index (χ4v) is 2.69. The lowest BCUT2D eigenvalue weighted by atomic mass is 10.2. The number of alkyl halides is 1. The minimum absolute atomic E-state index is 0.561. The van der Waals surface area contributed by atoms with E-state index in [4.69, 9.17) is 16.6 Å². The van der Waals surface area contributed by atoms with Crippen molar-refractivity contribution in [2.75, 3.05) is 5.88 Å². The Morgan fingerprint density at radius 1 is 1.24 bits per heavy atom. The zero-order valence-corrected chi connectivity index (χ0v) is 13.0. The molecule has 3 rings (SSSR count). The van der Waals surface area contributed by atoms with Crippen molar-refractivity contribution in [3.8, 4) is 0 Å². The Bertz CT molecular complexity index is 759. The van der Waals surface area contributed by atoms with Crippen molar-refractivity contribution < 1.29 is 0 Å². The average molecular weight is 304 g/mol. The maximum Gasteiger partial charge on any atom is 0.160 e. The van der Waals surface area contributed by atoms with Crippen molar-refractivity contribution >= 4 is 22.8 Å². The van der Waals surface area contributed by atoms with E-state index in [0.29, 0.717) is 5.88 Å². The fourth-order valence-electron chi connectivity index (χ4n) is 2.52. The van der Waals surface area contributed by atoms with E-state index >= 15 is 0 Å². The maximum atomic E-state index is 5.91. The van der Waals surface area contributed by atoms with Gasteiger partial charge in [-0.3, -0.25) is 4.68 Å². The highest BCUT2D eigenvalue weighted by Crippen LogP contribution is 2.18. The molecule has 0 saturated heterocycles. The first kappa shape index (κ1) is 14.1. The molecule has 0 amide bonds. The topological polar surface area (TPSA) is 48.5 Å². The zero-order chi connectivity index (χ0) is 14.8. The van der Waals surface area contributed by atoms with E-state index in [1.54, 1.807) is 0 Å². The molecule has 0 aliphatic rings. The predicted octanol–water partition coefficient (Wildman–Crippen LogP) is 2.50. The van der Waals surface area contributed by atoms with E-state index < -0.39 is 0 Å². The van der Waals surface area contributed by atoms with E-state index in [9.17, 15) is 0 Å². The van der Waals surface area contributed by atoms with E-state index in [1.807, 2.05) is 36.3 Å². The van der Waals surface area contributed by atoms with Crippen LogP contribution in [0.4, 0.5) is 0 Å². The van der Waals surface area contributed by atoms with Gasteiger partial charge in [0.1, 0.15) is 11.3 Å². The standard InChI is InChI=1S/C15H18ClN5/c1-11-4-8-17-15-14(11)18-13(3-7-16)21(15)10-6-12-5-9-20(2)19-12/h4-5,8-9H,3,6-7,10H2,1-2H3. The molecule has 0 aliphatic carbocycles. The van der Waals surface area contributed by atoms with Gasteiger partial charge in [0.05, 0.1) is 5.69 Å². The number of imidazole rings is 1.